The first kappa shape index (κ1) is 21.3. The van der Waals surface area contributed by atoms with Gasteiger partial charge in [0.15, 0.2) is 16.6 Å². The zero-order valence-corrected chi connectivity index (χ0v) is 18.6. The van der Waals surface area contributed by atoms with Gasteiger partial charge in [-0.05, 0) is 67.5 Å². The second kappa shape index (κ2) is 8.52. The fourth-order valence-corrected chi connectivity index (χ4v) is 3.70. The van der Waals surface area contributed by atoms with Crippen LogP contribution in [0.2, 0.25) is 5.02 Å². The first-order valence-corrected chi connectivity index (χ1v) is 10.1. The van der Waals surface area contributed by atoms with Crippen LogP contribution in [-0.4, -0.2) is 28.6 Å². The van der Waals surface area contributed by atoms with E-state index in [9.17, 15) is 14.7 Å². The summed E-state index contributed by atoms with van der Waals surface area (Å²) in [5.41, 5.74) is 1.51. The highest BCUT2D eigenvalue weighted by atomic mass is 79.9. The molecule has 1 aliphatic rings. The lowest BCUT2D eigenvalue weighted by atomic mass is 10.1. The topological polar surface area (TPSA) is 78.9 Å². The van der Waals surface area contributed by atoms with Crippen LogP contribution in [0.25, 0.3) is 6.08 Å². The van der Waals surface area contributed by atoms with Crippen molar-refractivity contribution in [3.05, 3.63) is 56.5 Å². The standard InChI is InChI=1S/C20H16BrClN2O4S/c1-3-28-17-8-11(13(21)9-16(17)25)7-12-18(26)23-20(29)24(19(12)27)15-6-4-5-14(22)10(15)2/h4-9,25H,3H2,1-2H3,(H,23,26,29)/b12-7+. The highest BCUT2D eigenvalue weighted by Gasteiger charge is 2.35. The summed E-state index contributed by atoms with van der Waals surface area (Å²) in [5.74, 6) is -1.02. The minimum atomic E-state index is -0.617. The first-order valence-electron chi connectivity index (χ1n) is 8.56. The van der Waals surface area contributed by atoms with Crippen molar-refractivity contribution in [2.24, 2.45) is 0 Å². The maximum atomic E-state index is 13.2. The molecule has 0 saturated carbocycles. The van der Waals surface area contributed by atoms with Gasteiger partial charge < -0.3 is 9.84 Å². The van der Waals surface area contributed by atoms with Crippen LogP contribution in [0.5, 0.6) is 11.5 Å². The molecule has 3 rings (SSSR count). The highest BCUT2D eigenvalue weighted by molar-refractivity contribution is 9.10. The number of halogens is 2. The van der Waals surface area contributed by atoms with Crippen molar-refractivity contribution in [1.29, 1.82) is 0 Å². The zero-order chi connectivity index (χ0) is 21.3. The molecule has 1 aliphatic heterocycles. The number of nitrogens with zero attached hydrogens (tertiary/aromatic N) is 1. The Labute approximate surface area is 186 Å². The molecule has 2 amide bonds. The number of hydrogen-bond donors (Lipinski definition) is 2. The molecule has 2 aromatic rings. The molecule has 150 valence electrons. The number of amides is 2. The summed E-state index contributed by atoms with van der Waals surface area (Å²) in [6.45, 7) is 3.89. The number of benzene rings is 2. The second-order valence-electron chi connectivity index (χ2n) is 6.12. The number of aromatic hydroxyl groups is 1. The molecule has 1 saturated heterocycles. The minimum Gasteiger partial charge on any atom is -0.504 e. The number of phenolic OH excluding ortho intramolecular Hbond substituents is 1. The van der Waals surface area contributed by atoms with Gasteiger partial charge in [0.05, 0.1) is 12.3 Å². The molecule has 1 heterocycles. The average Bonchev–Trinajstić information content (AvgIpc) is 2.65. The molecule has 9 heteroatoms. The third kappa shape index (κ3) is 4.14. The lowest BCUT2D eigenvalue weighted by Crippen LogP contribution is -2.54. The van der Waals surface area contributed by atoms with Crippen molar-refractivity contribution in [3.8, 4) is 11.5 Å². The summed E-state index contributed by atoms with van der Waals surface area (Å²) in [4.78, 5) is 26.9. The van der Waals surface area contributed by atoms with Gasteiger partial charge in [-0.1, -0.05) is 33.6 Å². The Morgan fingerprint density at radius 1 is 1.34 bits per heavy atom. The van der Waals surface area contributed by atoms with E-state index in [1.54, 1.807) is 38.1 Å². The fraction of sp³-hybridized carbons (Fsp3) is 0.150. The Balaban J connectivity index is 2.09. The van der Waals surface area contributed by atoms with Gasteiger partial charge in [0.25, 0.3) is 11.8 Å². The number of anilines is 1. The molecule has 0 atom stereocenters. The van der Waals surface area contributed by atoms with E-state index in [0.29, 0.717) is 32.9 Å². The maximum absolute atomic E-state index is 13.2. The smallest absolute Gasteiger partial charge is 0.270 e. The largest absolute Gasteiger partial charge is 0.504 e. The molecule has 0 unspecified atom stereocenters. The zero-order valence-electron chi connectivity index (χ0n) is 15.5. The van der Waals surface area contributed by atoms with Gasteiger partial charge in [0, 0.05) is 9.50 Å². The van der Waals surface area contributed by atoms with Crippen LogP contribution in [0.1, 0.15) is 18.1 Å². The summed E-state index contributed by atoms with van der Waals surface area (Å²) in [5, 5.41) is 13.0. The molecule has 29 heavy (non-hydrogen) atoms. The van der Waals surface area contributed by atoms with E-state index >= 15 is 0 Å². The van der Waals surface area contributed by atoms with Crippen molar-refractivity contribution in [2.45, 2.75) is 13.8 Å². The third-order valence-electron chi connectivity index (χ3n) is 4.26. The quantitative estimate of drug-likeness (QED) is 0.375. The normalized spacial score (nSPS) is 15.7. The summed E-state index contributed by atoms with van der Waals surface area (Å²) in [7, 11) is 0. The molecule has 0 aliphatic carbocycles. The SMILES string of the molecule is CCOc1cc(/C=C2\C(=O)NC(=S)N(c3cccc(Cl)c3C)C2=O)c(Br)cc1O. The van der Waals surface area contributed by atoms with Crippen LogP contribution in [-0.2, 0) is 9.59 Å². The van der Waals surface area contributed by atoms with E-state index < -0.39 is 11.8 Å². The Morgan fingerprint density at radius 3 is 2.76 bits per heavy atom. The van der Waals surface area contributed by atoms with Gasteiger partial charge in [0.1, 0.15) is 5.57 Å². The molecule has 0 aromatic heterocycles. The number of ether oxygens (including phenoxy) is 1. The molecule has 6 nitrogen and oxygen atoms in total. The van der Waals surface area contributed by atoms with Crippen LogP contribution in [0, 0.1) is 6.92 Å². The molecule has 0 radical (unpaired) electrons. The van der Waals surface area contributed by atoms with E-state index in [4.69, 9.17) is 28.6 Å². The maximum Gasteiger partial charge on any atom is 0.270 e. The minimum absolute atomic E-state index is 0.0257. The number of rotatable bonds is 4. The van der Waals surface area contributed by atoms with Crippen molar-refractivity contribution in [2.75, 3.05) is 11.5 Å². The summed E-state index contributed by atoms with van der Waals surface area (Å²) >= 11 is 14.7. The monoisotopic (exact) mass is 494 g/mol. The van der Waals surface area contributed by atoms with Crippen LogP contribution >= 0.6 is 39.7 Å². The van der Waals surface area contributed by atoms with Crippen LogP contribution < -0.4 is 15.0 Å². The number of carbonyl (C=O) groups excluding carboxylic acids is 2. The number of nitrogens with one attached hydrogen (secondary N) is 1. The van der Waals surface area contributed by atoms with E-state index in [0.717, 1.165) is 0 Å². The van der Waals surface area contributed by atoms with Gasteiger partial charge in [-0.25, -0.2) is 0 Å². The van der Waals surface area contributed by atoms with Crippen molar-refractivity contribution in [3.63, 3.8) is 0 Å². The van der Waals surface area contributed by atoms with Crippen molar-refractivity contribution >= 4 is 68.4 Å². The van der Waals surface area contributed by atoms with Crippen LogP contribution in [0.3, 0.4) is 0 Å². The number of thiocarbonyl (C=S) groups is 1. The predicted octanol–water partition coefficient (Wildman–Crippen LogP) is 4.35. The molecule has 2 N–H and O–H groups in total. The molecule has 0 bridgehead atoms. The molecular formula is C20H16BrClN2O4S. The molecule has 1 fully saturated rings. The third-order valence-corrected chi connectivity index (χ3v) is 5.64. The van der Waals surface area contributed by atoms with E-state index in [1.165, 1.54) is 17.0 Å². The van der Waals surface area contributed by atoms with Gasteiger partial charge in [-0.2, -0.15) is 0 Å². The van der Waals surface area contributed by atoms with Gasteiger partial charge in [-0.3, -0.25) is 19.8 Å². The molecular weight excluding hydrogens is 480 g/mol. The number of phenols is 1. The van der Waals surface area contributed by atoms with Gasteiger partial charge in [0.2, 0.25) is 0 Å². The van der Waals surface area contributed by atoms with E-state index in [1.807, 2.05) is 0 Å². The highest BCUT2D eigenvalue weighted by Crippen LogP contribution is 2.35. The molecule has 0 spiro atoms. The Hall–Kier alpha value is -2.42. The Bertz CT molecular complexity index is 1070. The predicted molar refractivity (Wildman–Crippen MR) is 119 cm³/mol. The number of hydrogen-bond acceptors (Lipinski definition) is 5. The van der Waals surface area contributed by atoms with Crippen molar-refractivity contribution in [1.82, 2.24) is 5.32 Å². The second-order valence-corrected chi connectivity index (χ2v) is 7.76. The lowest BCUT2D eigenvalue weighted by Gasteiger charge is -2.30. The van der Waals surface area contributed by atoms with Crippen LogP contribution in [0.4, 0.5) is 5.69 Å². The average molecular weight is 496 g/mol. The molecule has 2 aromatic carbocycles. The van der Waals surface area contributed by atoms with E-state index in [-0.39, 0.29) is 22.2 Å². The fourth-order valence-electron chi connectivity index (χ4n) is 2.81. The Morgan fingerprint density at radius 2 is 2.07 bits per heavy atom. The van der Waals surface area contributed by atoms with Gasteiger partial charge in [-0.15, -0.1) is 0 Å². The summed E-state index contributed by atoms with van der Waals surface area (Å²) in [6, 6.07) is 8.08. The summed E-state index contributed by atoms with van der Waals surface area (Å²) < 4.78 is 5.87. The Kier molecular flexibility index (Phi) is 6.26. The van der Waals surface area contributed by atoms with Gasteiger partial charge >= 0.3 is 0 Å². The first-order chi connectivity index (χ1) is 13.7. The van der Waals surface area contributed by atoms with Crippen LogP contribution in [0.15, 0.2) is 40.4 Å². The summed E-state index contributed by atoms with van der Waals surface area (Å²) in [6.07, 6.45) is 1.42. The number of carbonyl (C=O) groups is 2. The lowest BCUT2D eigenvalue weighted by molar-refractivity contribution is -0.122. The van der Waals surface area contributed by atoms with E-state index in [2.05, 4.69) is 21.2 Å². The van der Waals surface area contributed by atoms with Crippen molar-refractivity contribution < 1.29 is 19.4 Å².